The number of carbonyl (C=O) groups excluding carboxylic acids is 1. The number of methoxy groups -OCH3 is 2. The molecule has 0 atom stereocenters. The highest BCUT2D eigenvalue weighted by molar-refractivity contribution is 5.73. The molecule has 1 saturated heterocycles. The maximum Gasteiger partial charge on any atom is 0.308 e. The smallest absolute Gasteiger partial charge is 0.308 e. The van der Waals surface area contributed by atoms with Gasteiger partial charge in [-0.2, -0.15) is 0 Å². The van der Waals surface area contributed by atoms with Crippen molar-refractivity contribution in [1.29, 1.82) is 0 Å². The van der Waals surface area contributed by atoms with Gasteiger partial charge in [-0.1, -0.05) is 12.1 Å². The number of anilines is 1. The van der Waals surface area contributed by atoms with Crippen LogP contribution < -0.4 is 9.64 Å². The zero-order valence-corrected chi connectivity index (χ0v) is 10.9. The van der Waals surface area contributed by atoms with Gasteiger partial charge in [0.1, 0.15) is 5.75 Å². The van der Waals surface area contributed by atoms with Gasteiger partial charge in [-0.05, 0) is 25.0 Å². The maximum absolute atomic E-state index is 11.5. The van der Waals surface area contributed by atoms with Crippen LogP contribution in [0.5, 0.6) is 5.75 Å². The minimum atomic E-state index is -0.0883. The average Bonchev–Trinajstić information content (AvgIpc) is 2.46. The summed E-state index contributed by atoms with van der Waals surface area (Å²) in [4.78, 5) is 13.7. The molecule has 0 unspecified atom stereocenters. The number of hydrogen-bond donors (Lipinski definition) is 0. The van der Waals surface area contributed by atoms with Crippen LogP contribution in [0.25, 0.3) is 0 Å². The fourth-order valence-electron chi connectivity index (χ4n) is 2.41. The second-order valence-corrected chi connectivity index (χ2v) is 4.46. The van der Waals surface area contributed by atoms with Gasteiger partial charge in [-0.25, -0.2) is 0 Å². The zero-order chi connectivity index (χ0) is 13.0. The zero-order valence-electron chi connectivity index (χ0n) is 10.9. The van der Waals surface area contributed by atoms with Gasteiger partial charge in [-0.15, -0.1) is 0 Å². The molecule has 0 spiro atoms. The maximum atomic E-state index is 11.5. The van der Waals surface area contributed by atoms with E-state index in [9.17, 15) is 4.79 Å². The molecule has 0 aromatic heterocycles. The number of hydrogen-bond acceptors (Lipinski definition) is 4. The largest absolute Gasteiger partial charge is 0.495 e. The molecule has 2 rings (SSSR count). The molecule has 4 heteroatoms. The van der Waals surface area contributed by atoms with Gasteiger partial charge in [0.15, 0.2) is 0 Å². The van der Waals surface area contributed by atoms with E-state index < -0.39 is 0 Å². The standard InChI is InChI=1S/C14H19NO3/c1-17-13-6-4-3-5-12(13)15-9-7-11(8-10-15)14(16)18-2/h3-6,11H,7-10H2,1-2H3. The number of ether oxygens (including phenoxy) is 2. The Morgan fingerprint density at radius 1 is 1.22 bits per heavy atom. The third-order valence-electron chi connectivity index (χ3n) is 3.46. The van der Waals surface area contributed by atoms with E-state index in [0.717, 1.165) is 37.4 Å². The number of benzene rings is 1. The van der Waals surface area contributed by atoms with Gasteiger partial charge in [-0.3, -0.25) is 4.79 Å². The quantitative estimate of drug-likeness (QED) is 0.769. The Labute approximate surface area is 107 Å². The van der Waals surface area contributed by atoms with Crippen molar-refractivity contribution >= 4 is 11.7 Å². The van der Waals surface area contributed by atoms with Gasteiger partial charge in [0.2, 0.25) is 0 Å². The summed E-state index contributed by atoms with van der Waals surface area (Å²) in [6.07, 6.45) is 1.68. The van der Waals surface area contributed by atoms with E-state index in [4.69, 9.17) is 9.47 Å². The van der Waals surface area contributed by atoms with Gasteiger partial charge in [0.25, 0.3) is 0 Å². The van der Waals surface area contributed by atoms with Crippen LogP contribution >= 0.6 is 0 Å². The predicted molar refractivity (Wildman–Crippen MR) is 69.9 cm³/mol. The van der Waals surface area contributed by atoms with E-state index in [1.54, 1.807) is 7.11 Å². The molecule has 1 fully saturated rings. The van der Waals surface area contributed by atoms with E-state index in [1.165, 1.54) is 7.11 Å². The first-order valence-corrected chi connectivity index (χ1v) is 6.22. The minimum absolute atomic E-state index is 0.0426. The number of esters is 1. The fourth-order valence-corrected chi connectivity index (χ4v) is 2.41. The van der Waals surface area contributed by atoms with Crippen LogP contribution in [0.1, 0.15) is 12.8 Å². The summed E-state index contributed by atoms with van der Waals surface area (Å²) in [5, 5.41) is 0. The van der Waals surface area contributed by atoms with Gasteiger partial charge >= 0.3 is 5.97 Å². The van der Waals surface area contributed by atoms with E-state index in [-0.39, 0.29) is 11.9 Å². The van der Waals surface area contributed by atoms with Crippen molar-refractivity contribution in [2.24, 2.45) is 5.92 Å². The van der Waals surface area contributed by atoms with Gasteiger partial charge < -0.3 is 14.4 Å². The molecule has 0 aliphatic carbocycles. The molecule has 0 amide bonds. The number of rotatable bonds is 3. The second kappa shape index (κ2) is 5.76. The molecule has 4 nitrogen and oxygen atoms in total. The molecule has 1 aliphatic rings. The lowest BCUT2D eigenvalue weighted by molar-refractivity contribution is -0.146. The Hall–Kier alpha value is -1.71. The van der Waals surface area contributed by atoms with E-state index in [2.05, 4.69) is 11.0 Å². The third kappa shape index (κ3) is 2.58. The van der Waals surface area contributed by atoms with Crippen molar-refractivity contribution in [1.82, 2.24) is 0 Å². The highest BCUT2D eigenvalue weighted by atomic mass is 16.5. The Bertz CT molecular complexity index is 411. The van der Waals surface area contributed by atoms with Crippen molar-refractivity contribution in [3.8, 4) is 5.75 Å². The number of piperidine rings is 1. The molecule has 1 aliphatic heterocycles. The van der Waals surface area contributed by atoms with Crippen LogP contribution in [0.15, 0.2) is 24.3 Å². The lowest BCUT2D eigenvalue weighted by atomic mass is 9.96. The molecular formula is C14H19NO3. The normalized spacial score (nSPS) is 16.4. The summed E-state index contributed by atoms with van der Waals surface area (Å²) in [6, 6.07) is 7.98. The molecule has 0 N–H and O–H groups in total. The van der Waals surface area contributed by atoms with Crippen molar-refractivity contribution in [3.63, 3.8) is 0 Å². The van der Waals surface area contributed by atoms with Crippen molar-refractivity contribution < 1.29 is 14.3 Å². The first-order chi connectivity index (χ1) is 8.76. The molecule has 0 saturated carbocycles. The topological polar surface area (TPSA) is 38.8 Å². The molecule has 0 bridgehead atoms. The van der Waals surface area contributed by atoms with Crippen LogP contribution in [0.4, 0.5) is 5.69 Å². The summed E-state index contributed by atoms with van der Waals surface area (Å²) in [5.41, 5.74) is 1.10. The SMILES string of the molecule is COC(=O)C1CCN(c2ccccc2OC)CC1. The molecule has 18 heavy (non-hydrogen) atoms. The van der Waals surface area contributed by atoms with E-state index in [0.29, 0.717) is 0 Å². The number of nitrogens with zero attached hydrogens (tertiary/aromatic N) is 1. The average molecular weight is 249 g/mol. The lowest BCUT2D eigenvalue weighted by Crippen LogP contribution is -2.36. The lowest BCUT2D eigenvalue weighted by Gasteiger charge is -2.33. The van der Waals surface area contributed by atoms with Crippen molar-refractivity contribution in [2.75, 3.05) is 32.2 Å². The van der Waals surface area contributed by atoms with Crippen LogP contribution in [0.2, 0.25) is 0 Å². The monoisotopic (exact) mass is 249 g/mol. The minimum Gasteiger partial charge on any atom is -0.495 e. The van der Waals surface area contributed by atoms with Gasteiger partial charge in [0.05, 0.1) is 25.8 Å². The Morgan fingerprint density at radius 3 is 2.50 bits per heavy atom. The molecule has 1 heterocycles. The third-order valence-corrected chi connectivity index (χ3v) is 3.46. The number of para-hydroxylation sites is 2. The summed E-state index contributed by atoms with van der Waals surface area (Å²) >= 11 is 0. The highest BCUT2D eigenvalue weighted by Gasteiger charge is 2.26. The summed E-state index contributed by atoms with van der Waals surface area (Å²) < 4.78 is 10.2. The Kier molecular flexibility index (Phi) is 4.07. The van der Waals surface area contributed by atoms with E-state index >= 15 is 0 Å². The summed E-state index contributed by atoms with van der Waals surface area (Å²) in [6.45, 7) is 1.72. The molecule has 1 aromatic carbocycles. The highest BCUT2D eigenvalue weighted by Crippen LogP contribution is 2.31. The van der Waals surface area contributed by atoms with E-state index in [1.807, 2.05) is 18.2 Å². The van der Waals surface area contributed by atoms with Crippen LogP contribution in [0, 0.1) is 5.92 Å². The van der Waals surface area contributed by atoms with Crippen LogP contribution in [0.3, 0.4) is 0 Å². The Morgan fingerprint density at radius 2 is 1.89 bits per heavy atom. The molecule has 1 aromatic rings. The second-order valence-electron chi connectivity index (χ2n) is 4.46. The molecular weight excluding hydrogens is 230 g/mol. The number of carbonyl (C=O) groups is 1. The molecule has 98 valence electrons. The first-order valence-electron chi connectivity index (χ1n) is 6.22. The van der Waals surface area contributed by atoms with Gasteiger partial charge in [0, 0.05) is 13.1 Å². The predicted octanol–water partition coefficient (Wildman–Crippen LogP) is 2.08. The Balaban J connectivity index is 2.03. The van der Waals surface area contributed by atoms with Crippen molar-refractivity contribution in [3.05, 3.63) is 24.3 Å². The first kappa shape index (κ1) is 12.7. The molecule has 0 radical (unpaired) electrons. The summed E-state index contributed by atoms with van der Waals surface area (Å²) in [5.74, 6) is 0.838. The fraction of sp³-hybridized carbons (Fsp3) is 0.500. The van der Waals surface area contributed by atoms with Crippen LogP contribution in [-0.4, -0.2) is 33.3 Å². The summed E-state index contributed by atoms with van der Waals surface area (Å²) in [7, 11) is 3.13. The van der Waals surface area contributed by atoms with Crippen molar-refractivity contribution in [2.45, 2.75) is 12.8 Å². The van der Waals surface area contributed by atoms with Crippen LogP contribution in [-0.2, 0) is 9.53 Å².